The molecule has 4 aromatic rings. The summed E-state index contributed by atoms with van der Waals surface area (Å²) in [6, 6.07) is 18.4. The number of furan rings is 1. The number of ether oxygens (including phenoxy) is 1. The zero-order chi connectivity index (χ0) is 22.2. The van der Waals surface area contributed by atoms with Gasteiger partial charge in [0.2, 0.25) is 0 Å². The van der Waals surface area contributed by atoms with Crippen LogP contribution in [0.5, 0.6) is 5.75 Å². The molecule has 0 saturated heterocycles. The van der Waals surface area contributed by atoms with Gasteiger partial charge in [-0.25, -0.2) is 9.99 Å². The van der Waals surface area contributed by atoms with Gasteiger partial charge in [-0.2, -0.15) is 5.10 Å². The second-order valence-corrected chi connectivity index (χ2v) is 7.99. The van der Waals surface area contributed by atoms with Crippen LogP contribution in [-0.4, -0.2) is 28.7 Å². The average molecular weight is 446 g/mol. The molecule has 0 aliphatic carbocycles. The molecule has 32 heavy (non-hydrogen) atoms. The van der Waals surface area contributed by atoms with E-state index in [4.69, 9.17) is 25.9 Å². The van der Waals surface area contributed by atoms with Gasteiger partial charge in [-0.3, -0.25) is 4.79 Å². The van der Waals surface area contributed by atoms with Gasteiger partial charge in [0, 0.05) is 22.9 Å². The summed E-state index contributed by atoms with van der Waals surface area (Å²) in [5, 5.41) is 7.38. The Kier molecular flexibility index (Phi) is 5.15. The quantitative estimate of drug-likeness (QED) is 0.373. The normalized spacial score (nSPS) is 15.8. The summed E-state index contributed by atoms with van der Waals surface area (Å²) in [5.74, 6) is 0.612. The molecular weight excluding hydrogens is 426 g/mol. The fourth-order valence-corrected chi connectivity index (χ4v) is 4.29. The number of nitrogens with zero attached hydrogens (tertiary/aromatic N) is 3. The third-order valence-corrected chi connectivity index (χ3v) is 5.97. The van der Waals surface area contributed by atoms with E-state index in [9.17, 15) is 4.79 Å². The van der Waals surface area contributed by atoms with Crippen LogP contribution >= 0.6 is 11.6 Å². The third-order valence-electron chi connectivity index (χ3n) is 5.67. The van der Waals surface area contributed by atoms with E-state index >= 15 is 0 Å². The van der Waals surface area contributed by atoms with E-state index in [-0.39, 0.29) is 11.7 Å². The summed E-state index contributed by atoms with van der Waals surface area (Å²) in [6.45, 7) is 2.03. The highest BCUT2D eigenvalue weighted by Crippen LogP contribution is 2.38. The molecule has 2 aromatic carbocycles. The summed E-state index contributed by atoms with van der Waals surface area (Å²) < 4.78 is 10.7. The number of aromatic nitrogens is 1. The SMILES string of the molecule is COc1ccc2nc(Cl)c([C@H]3CC(c4ccccc4C)=NN3C(=O)c3ccco3)cc2c1. The van der Waals surface area contributed by atoms with Crippen LogP contribution in [0.15, 0.2) is 76.4 Å². The fraction of sp³-hybridized carbons (Fsp3) is 0.160. The van der Waals surface area contributed by atoms with Crippen LogP contribution < -0.4 is 4.74 Å². The number of hydrogen-bond donors (Lipinski definition) is 0. The number of pyridine rings is 1. The minimum Gasteiger partial charge on any atom is -0.497 e. The van der Waals surface area contributed by atoms with Gasteiger partial charge >= 0.3 is 5.91 Å². The number of carbonyl (C=O) groups is 1. The summed E-state index contributed by atoms with van der Waals surface area (Å²) >= 11 is 6.62. The molecule has 0 unspecified atom stereocenters. The topological polar surface area (TPSA) is 67.9 Å². The minimum absolute atomic E-state index is 0.219. The Bertz CT molecular complexity index is 1350. The molecule has 1 amide bonds. The maximum atomic E-state index is 13.3. The van der Waals surface area contributed by atoms with E-state index < -0.39 is 6.04 Å². The van der Waals surface area contributed by atoms with Crippen LogP contribution in [0.4, 0.5) is 0 Å². The Morgan fingerprint density at radius 1 is 1.16 bits per heavy atom. The molecule has 0 bridgehead atoms. The summed E-state index contributed by atoms with van der Waals surface area (Å²) in [7, 11) is 1.62. The molecule has 0 saturated carbocycles. The van der Waals surface area contributed by atoms with Gasteiger partial charge < -0.3 is 9.15 Å². The average Bonchev–Trinajstić information content (AvgIpc) is 3.49. The Balaban J connectivity index is 1.62. The van der Waals surface area contributed by atoms with E-state index in [1.54, 1.807) is 19.2 Å². The van der Waals surface area contributed by atoms with Gasteiger partial charge in [0.05, 0.1) is 30.6 Å². The second-order valence-electron chi connectivity index (χ2n) is 7.64. The predicted octanol–water partition coefficient (Wildman–Crippen LogP) is 5.79. The Morgan fingerprint density at radius 3 is 2.75 bits per heavy atom. The number of methoxy groups -OCH3 is 1. The predicted molar refractivity (Wildman–Crippen MR) is 123 cm³/mol. The lowest BCUT2D eigenvalue weighted by Gasteiger charge is -2.22. The number of aryl methyl sites for hydroxylation is 1. The van der Waals surface area contributed by atoms with Crippen LogP contribution in [-0.2, 0) is 0 Å². The molecule has 1 atom stereocenters. The Morgan fingerprint density at radius 2 is 2.00 bits per heavy atom. The van der Waals surface area contributed by atoms with Crippen LogP contribution in [0.25, 0.3) is 10.9 Å². The number of carbonyl (C=O) groups excluding carboxylic acids is 1. The van der Waals surface area contributed by atoms with E-state index in [0.29, 0.717) is 11.6 Å². The maximum absolute atomic E-state index is 13.3. The molecule has 5 rings (SSSR count). The first-order valence-corrected chi connectivity index (χ1v) is 10.6. The fourth-order valence-electron chi connectivity index (χ4n) is 4.02. The van der Waals surface area contributed by atoms with Crippen LogP contribution in [0.3, 0.4) is 0 Å². The minimum atomic E-state index is -0.419. The van der Waals surface area contributed by atoms with Gasteiger partial charge in [-0.05, 0) is 48.9 Å². The molecule has 160 valence electrons. The third kappa shape index (κ3) is 3.52. The first-order valence-electron chi connectivity index (χ1n) is 10.2. The van der Waals surface area contributed by atoms with Crippen LogP contribution in [0.1, 0.15) is 39.7 Å². The molecule has 0 spiro atoms. The largest absolute Gasteiger partial charge is 0.497 e. The molecule has 0 N–H and O–H groups in total. The second kappa shape index (κ2) is 8.13. The van der Waals surface area contributed by atoms with Crippen molar-refractivity contribution >= 4 is 34.1 Å². The van der Waals surface area contributed by atoms with Crippen LogP contribution in [0, 0.1) is 6.92 Å². The highest BCUT2D eigenvalue weighted by Gasteiger charge is 2.36. The number of amides is 1. The zero-order valence-corrected chi connectivity index (χ0v) is 18.3. The Hall–Kier alpha value is -3.64. The van der Waals surface area contributed by atoms with Gasteiger partial charge in [-0.15, -0.1) is 0 Å². The van der Waals surface area contributed by atoms with Crippen molar-refractivity contribution in [2.45, 2.75) is 19.4 Å². The number of benzene rings is 2. The Labute approximate surface area is 190 Å². The van der Waals surface area contributed by atoms with Gasteiger partial charge in [0.1, 0.15) is 10.9 Å². The van der Waals surface area contributed by atoms with Crippen molar-refractivity contribution in [1.29, 1.82) is 0 Å². The smallest absolute Gasteiger partial charge is 0.310 e. The lowest BCUT2D eigenvalue weighted by Crippen LogP contribution is -2.27. The van der Waals surface area contributed by atoms with Gasteiger partial charge in [0.25, 0.3) is 0 Å². The lowest BCUT2D eigenvalue weighted by atomic mass is 9.96. The monoisotopic (exact) mass is 445 g/mol. The summed E-state index contributed by atoms with van der Waals surface area (Å²) in [5.41, 5.74) is 4.37. The summed E-state index contributed by atoms with van der Waals surface area (Å²) in [6.07, 6.45) is 1.98. The molecule has 1 aliphatic rings. The number of hydrazone groups is 1. The van der Waals surface area contributed by atoms with Crippen molar-refractivity contribution < 1.29 is 13.9 Å². The molecule has 0 radical (unpaired) electrons. The lowest BCUT2D eigenvalue weighted by molar-refractivity contribution is 0.0678. The van der Waals surface area contributed by atoms with E-state index in [2.05, 4.69) is 4.98 Å². The number of hydrogen-bond acceptors (Lipinski definition) is 5. The molecule has 7 heteroatoms. The number of rotatable bonds is 4. The molecular formula is C25H20ClN3O3. The van der Waals surface area contributed by atoms with Gasteiger partial charge in [0.15, 0.2) is 5.76 Å². The maximum Gasteiger partial charge on any atom is 0.310 e. The van der Waals surface area contributed by atoms with Crippen molar-refractivity contribution in [3.63, 3.8) is 0 Å². The standard InChI is InChI=1S/C25H20ClN3O3/c1-15-6-3-4-7-18(15)21-14-22(29(28-21)25(30)23-8-5-11-32-23)19-13-16-12-17(31-2)9-10-20(16)27-24(19)26/h3-13,22H,14H2,1-2H3/t22-/m1/s1. The number of halogens is 1. The first-order chi connectivity index (χ1) is 15.5. The summed E-state index contributed by atoms with van der Waals surface area (Å²) in [4.78, 5) is 17.8. The highest BCUT2D eigenvalue weighted by molar-refractivity contribution is 6.30. The molecule has 0 fully saturated rings. The van der Waals surface area contributed by atoms with E-state index in [1.165, 1.54) is 11.3 Å². The van der Waals surface area contributed by atoms with E-state index in [0.717, 1.165) is 39.1 Å². The van der Waals surface area contributed by atoms with Crippen molar-refractivity contribution in [2.24, 2.45) is 5.10 Å². The van der Waals surface area contributed by atoms with Crippen molar-refractivity contribution in [3.05, 3.63) is 94.5 Å². The number of fused-ring (bicyclic) bond motifs is 1. The molecule has 1 aliphatic heterocycles. The molecule has 6 nitrogen and oxygen atoms in total. The van der Waals surface area contributed by atoms with Gasteiger partial charge in [-0.1, -0.05) is 35.9 Å². The first kappa shape index (κ1) is 20.3. The zero-order valence-electron chi connectivity index (χ0n) is 17.6. The highest BCUT2D eigenvalue weighted by atomic mass is 35.5. The molecule has 2 aromatic heterocycles. The van der Waals surface area contributed by atoms with E-state index in [1.807, 2.05) is 55.5 Å². The van der Waals surface area contributed by atoms with Crippen molar-refractivity contribution in [2.75, 3.05) is 7.11 Å². The van der Waals surface area contributed by atoms with Crippen molar-refractivity contribution in [1.82, 2.24) is 9.99 Å². The van der Waals surface area contributed by atoms with Crippen molar-refractivity contribution in [3.8, 4) is 5.75 Å². The molecule has 3 heterocycles. The van der Waals surface area contributed by atoms with Crippen LogP contribution in [0.2, 0.25) is 5.15 Å².